The van der Waals surface area contributed by atoms with E-state index in [0.29, 0.717) is 22.9 Å². The Morgan fingerprint density at radius 1 is 1.10 bits per heavy atom. The van der Waals surface area contributed by atoms with Gasteiger partial charge in [0.15, 0.2) is 5.69 Å². The highest BCUT2D eigenvalue weighted by Crippen LogP contribution is 2.20. The first-order chi connectivity index (χ1) is 14.5. The monoisotopic (exact) mass is 407 g/mol. The van der Waals surface area contributed by atoms with Crippen molar-refractivity contribution in [3.8, 4) is 5.69 Å². The van der Waals surface area contributed by atoms with Crippen molar-refractivity contribution in [2.75, 3.05) is 0 Å². The Hall–Kier alpha value is -4.21. The maximum atomic E-state index is 13.3. The van der Waals surface area contributed by atoms with Gasteiger partial charge in [0.2, 0.25) is 0 Å². The Kier molecular flexibility index (Phi) is 5.12. The molecule has 0 spiro atoms. The standard InChI is InChI=1S/C20H17N5O5/c1-14-19(21-22-24(14)15-5-2-6-16(11-15)25(27)28)20(26)23(12-17-7-3-9-29-17)13-18-8-4-10-30-18/h2-11H,12-13H2,1H3. The largest absolute Gasteiger partial charge is 0.467 e. The van der Waals surface area contributed by atoms with Gasteiger partial charge in [0.05, 0.1) is 41.9 Å². The lowest BCUT2D eigenvalue weighted by molar-refractivity contribution is -0.384. The van der Waals surface area contributed by atoms with Gasteiger partial charge in [-0.15, -0.1) is 5.10 Å². The van der Waals surface area contributed by atoms with Crippen LogP contribution in [0.2, 0.25) is 0 Å². The van der Waals surface area contributed by atoms with Crippen LogP contribution >= 0.6 is 0 Å². The molecule has 3 heterocycles. The van der Waals surface area contributed by atoms with E-state index in [1.807, 2.05) is 0 Å². The van der Waals surface area contributed by atoms with E-state index in [0.717, 1.165) is 0 Å². The molecule has 10 heteroatoms. The van der Waals surface area contributed by atoms with Gasteiger partial charge in [0.1, 0.15) is 11.5 Å². The molecule has 4 rings (SSSR count). The molecule has 0 aliphatic heterocycles. The molecule has 0 saturated carbocycles. The number of amides is 1. The zero-order valence-corrected chi connectivity index (χ0v) is 16.0. The number of nitro benzene ring substituents is 1. The molecule has 0 atom stereocenters. The SMILES string of the molecule is Cc1c(C(=O)N(Cc2ccco2)Cc2ccco2)nnn1-c1cccc([N+](=O)[O-])c1. The number of hydrogen-bond acceptors (Lipinski definition) is 7. The van der Waals surface area contributed by atoms with Gasteiger partial charge < -0.3 is 13.7 Å². The van der Waals surface area contributed by atoms with E-state index in [2.05, 4.69) is 10.3 Å². The van der Waals surface area contributed by atoms with Crippen LogP contribution in [0, 0.1) is 17.0 Å². The number of furan rings is 2. The lowest BCUT2D eigenvalue weighted by atomic mass is 10.2. The Labute approximate surface area is 170 Å². The van der Waals surface area contributed by atoms with Crippen molar-refractivity contribution in [3.05, 3.63) is 94.1 Å². The maximum absolute atomic E-state index is 13.3. The van der Waals surface area contributed by atoms with Crippen LogP contribution in [0.4, 0.5) is 5.69 Å². The third kappa shape index (κ3) is 3.83. The summed E-state index contributed by atoms with van der Waals surface area (Å²) < 4.78 is 12.2. The summed E-state index contributed by atoms with van der Waals surface area (Å²) in [6.07, 6.45) is 3.07. The lowest BCUT2D eigenvalue weighted by Gasteiger charge is -2.19. The number of carbonyl (C=O) groups excluding carboxylic acids is 1. The molecule has 0 N–H and O–H groups in total. The van der Waals surface area contributed by atoms with Crippen molar-refractivity contribution in [2.45, 2.75) is 20.0 Å². The number of hydrogen-bond donors (Lipinski definition) is 0. The summed E-state index contributed by atoms with van der Waals surface area (Å²) in [5, 5.41) is 19.1. The first kappa shape index (κ1) is 19.1. The quantitative estimate of drug-likeness (QED) is 0.339. The zero-order valence-electron chi connectivity index (χ0n) is 16.0. The van der Waals surface area contributed by atoms with Crippen LogP contribution in [0.25, 0.3) is 5.69 Å². The predicted octanol–water partition coefficient (Wildman–Crippen LogP) is 3.51. The number of rotatable bonds is 7. The highest BCUT2D eigenvalue weighted by Gasteiger charge is 2.25. The Bertz CT molecular complexity index is 1130. The number of nitrogens with zero attached hydrogens (tertiary/aromatic N) is 5. The van der Waals surface area contributed by atoms with Crippen molar-refractivity contribution in [2.24, 2.45) is 0 Å². The second kappa shape index (κ2) is 8.03. The smallest absolute Gasteiger partial charge is 0.277 e. The highest BCUT2D eigenvalue weighted by atomic mass is 16.6. The van der Waals surface area contributed by atoms with E-state index in [1.54, 1.807) is 43.3 Å². The summed E-state index contributed by atoms with van der Waals surface area (Å²) in [4.78, 5) is 25.4. The van der Waals surface area contributed by atoms with E-state index < -0.39 is 4.92 Å². The van der Waals surface area contributed by atoms with Crippen molar-refractivity contribution in [3.63, 3.8) is 0 Å². The second-order valence-electron chi connectivity index (χ2n) is 6.53. The molecule has 3 aromatic heterocycles. The molecule has 0 aliphatic carbocycles. The van der Waals surface area contributed by atoms with E-state index >= 15 is 0 Å². The normalized spacial score (nSPS) is 10.8. The molecule has 4 aromatic rings. The summed E-state index contributed by atoms with van der Waals surface area (Å²) >= 11 is 0. The zero-order chi connectivity index (χ0) is 21.1. The predicted molar refractivity (Wildman–Crippen MR) is 104 cm³/mol. The maximum Gasteiger partial charge on any atom is 0.277 e. The van der Waals surface area contributed by atoms with E-state index in [4.69, 9.17) is 8.83 Å². The fourth-order valence-electron chi connectivity index (χ4n) is 3.04. The third-order valence-corrected chi connectivity index (χ3v) is 4.52. The average molecular weight is 407 g/mol. The summed E-state index contributed by atoms with van der Waals surface area (Å²) in [7, 11) is 0. The molecule has 0 bridgehead atoms. The van der Waals surface area contributed by atoms with Crippen molar-refractivity contribution in [1.82, 2.24) is 19.9 Å². The molecular weight excluding hydrogens is 390 g/mol. The minimum absolute atomic E-state index is 0.0764. The number of non-ortho nitro benzene ring substituents is 1. The fraction of sp³-hybridized carbons (Fsp3) is 0.150. The van der Waals surface area contributed by atoms with Crippen LogP contribution in [0.3, 0.4) is 0 Å². The summed E-state index contributed by atoms with van der Waals surface area (Å²) in [6.45, 7) is 2.12. The molecule has 0 fully saturated rings. The lowest BCUT2D eigenvalue weighted by Crippen LogP contribution is -2.30. The van der Waals surface area contributed by atoms with Crippen LogP contribution in [0.15, 0.2) is 69.9 Å². The molecule has 1 aromatic carbocycles. The summed E-state index contributed by atoms with van der Waals surface area (Å²) in [5.41, 5.74) is 0.966. The highest BCUT2D eigenvalue weighted by molar-refractivity contribution is 5.93. The molecule has 1 amide bonds. The van der Waals surface area contributed by atoms with Gasteiger partial charge in [0.25, 0.3) is 11.6 Å². The van der Waals surface area contributed by atoms with Crippen LogP contribution in [-0.4, -0.2) is 30.7 Å². The second-order valence-corrected chi connectivity index (χ2v) is 6.53. The van der Waals surface area contributed by atoms with Crippen molar-refractivity contribution >= 4 is 11.6 Å². The number of nitro groups is 1. The van der Waals surface area contributed by atoms with Crippen molar-refractivity contribution in [1.29, 1.82) is 0 Å². The fourth-order valence-corrected chi connectivity index (χ4v) is 3.04. The number of benzene rings is 1. The van der Waals surface area contributed by atoms with E-state index in [1.165, 1.54) is 34.2 Å². The molecule has 152 valence electrons. The van der Waals surface area contributed by atoms with E-state index in [9.17, 15) is 14.9 Å². The molecule has 0 unspecified atom stereocenters. The van der Waals surface area contributed by atoms with Gasteiger partial charge in [-0.05, 0) is 37.3 Å². The van der Waals surface area contributed by atoms with E-state index in [-0.39, 0.29) is 30.4 Å². The number of carbonyl (C=O) groups is 1. The average Bonchev–Trinajstić information content (AvgIpc) is 3.50. The van der Waals surface area contributed by atoms with Crippen LogP contribution in [0.5, 0.6) is 0 Å². The Balaban J connectivity index is 1.65. The molecule has 0 saturated heterocycles. The minimum atomic E-state index is -0.490. The van der Waals surface area contributed by atoms with Gasteiger partial charge in [-0.25, -0.2) is 4.68 Å². The van der Waals surface area contributed by atoms with Crippen molar-refractivity contribution < 1.29 is 18.6 Å². The van der Waals surface area contributed by atoms with Crippen LogP contribution in [0.1, 0.15) is 27.7 Å². The van der Waals surface area contributed by atoms with Gasteiger partial charge in [0, 0.05) is 12.1 Å². The molecule has 30 heavy (non-hydrogen) atoms. The molecule has 0 radical (unpaired) electrons. The number of aromatic nitrogens is 3. The molecular formula is C20H17N5O5. The first-order valence-corrected chi connectivity index (χ1v) is 9.04. The molecule has 10 nitrogen and oxygen atoms in total. The summed E-state index contributed by atoms with van der Waals surface area (Å²) in [5.74, 6) is 0.856. The van der Waals surface area contributed by atoms with Gasteiger partial charge in [-0.3, -0.25) is 14.9 Å². The van der Waals surface area contributed by atoms with Gasteiger partial charge in [-0.2, -0.15) is 0 Å². The minimum Gasteiger partial charge on any atom is -0.467 e. The van der Waals surface area contributed by atoms with Gasteiger partial charge in [-0.1, -0.05) is 11.3 Å². The summed E-state index contributed by atoms with van der Waals surface area (Å²) in [6, 6.07) is 13.0. The Morgan fingerprint density at radius 3 is 2.33 bits per heavy atom. The third-order valence-electron chi connectivity index (χ3n) is 4.52. The van der Waals surface area contributed by atoms with Crippen LogP contribution in [-0.2, 0) is 13.1 Å². The van der Waals surface area contributed by atoms with Gasteiger partial charge >= 0.3 is 0 Å². The molecule has 0 aliphatic rings. The first-order valence-electron chi connectivity index (χ1n) is 9.04. The Morgan fingerprint density at radius 2 is 1.77 bits per heavy atom. The van der Waals surface area contributed by atoms with Crippen LogP contribution < -0.4 is 0 Å². The topological polar surface area (TPSA) is 120 Å².